The molecule has 5 nitrogen and oxygen atoms in total. The topological polar surface area (TPSA) is 73.7 Å². The van der Waals surface area contributed by atoms with Crippen LogP contribution in [0.1, 0.15) is 24.2 Å². The molecule has 1 aromatic heterocycles. The van der Waals surface area contributed by atoms with Crippen LogP contribution >= 0.6 is 0 Å². The van der Waals surface area contributed by atoms with E-state index in [1.807, 2.05) is 0 Å². The summed E-state index contributed by atoms with van der Waals surface area (Å²) in [5.74, 6) is 0. The lowest BCUT2D eigenvalue weighted by atomic mass is 9.88. The van der Waals surface area contributed by atoms with Gasteiger partial charge in [-0.3, -0.25) is 0 Å². The zero-order valence-corrected chi connectivity index (χ0v) is 10.4. The van der Waals surface area contributed by atoms with Gasteiger partial charge in [0.05, 0.1) is 5.69 Å². The van der Waals surface area contributed by atoms with Gasteiger partial charge in [0.15, 0.2) is 0 Å². The zero-order chi connectivity index (χ0) is 15.0. The Bertz CT molecular complexity index is 511. The lowest BCUT2D eigenvalue weighted by molar-refractivity contribution is -0.141. The number of aliphatic hydroxyl groups is 1. The molecule has 2 rings (SSSR count). The summed E-state index contributed by atoms with van der Waals surface area (Å²) in [7, 11) is 0. The lowest BCUT2D eigenvalue weighted by Crippen LogP contribution is -2.45. The molecule has 1 aliphatic heterocycles. The second-order valence-electron chi connectivity index (χ2n) is 4.71. The molecule has 2 N–H and O–H groups in total. The Morgan fingerprint density at radius 2 is 1.90 bits per heavy atom. The molecule has 0 radical (unpaired) electrons. The number of alkyl halides is 3. The molecular formula is C12H13F3N2O3. The van der Waals surface area contributed by atoms with E-state index in [9.17, 15) is 23.1 Å². The van der Waals surface area contributed by atoms with Gasteiger partial charge in [0.25, 0.3) is 0 Å². The maximum atomic E-state index is 12.6. The van der Waals surface area contributed by atoms with E-state index in [2.05, 4.69) is 4.98 Å². The van der Waals surface area contributed by atoms with Gasteiger partial charge in [0.1, 0.15) is 11.3 Å². The number of likely N-dealkylation sites (tertiary alicyclic amines) is 1. The predicted molar refractivity (Wildman–Crippen MR) is 62.0 cm³/mol. The molecule has 0 aliphatic carbocycles. The molecule has 0 saturated carbocycles. The fourth-order valence-electron chi connectivity index (χ4n) is 2.18. The fraction of sp³-hybridized carbons (Fsp3) is 0.500. The lowest BCUT2D eigenvalue weighted by Gasteiger charge is -2.36. The Morgan fingerprint density at radius 3 is 2.40 bits per heavy atom. The smallest absolute Gasteiger partial charge is 0.433 e. The van der Waals surface area contributed by atoms with E-state index in [1.54, 1.807) is 0 Å². The molecule has 2 heterocycles. The van der Waals surface area contributed by atoms with Crippen molar-refractivity contribution in [3.05, 3.63) is 29.6 Å². The number of hydrogen-bond donors (Lipinski definition) is 2. The van der Waals surface area contributed by atoms with Crippen LogP contribution in [0.3, 0.4) is 0 Å². The summed E-state index contributed by atoms with van der Waals surface area (Å²) in [5, 5.41) is 19.2. The molecule has 0 atom stereocenters. The van der Waals surface area contributed by atoms with Gasteiger partial charge in [-0.1, -0.05) is 6.07 Å². The van der Waals surface area contributed by atoms with Crippen molar-refractivity contribution in [1.29, 1.82) is 0 Å². The summed E-state index contributed by atoms with van der Waals surface area (Å²) in [5.41, 5.74) is -2.66. The minimum atomic E-state index is -4.58. The van der Waals surface area contributed by atoms with Crippen molar-refractivity contribution in [3.63, 3.8) is 0 Å². The SMILES string of the molecule is O=C(O)N1CCC(O)(c2cccc(C(F)(F)F)n2)CC1. The highest BCUT2D eigenvalue weighted by molar-refractivity contribution is 5.65. The van der Waals surface area contributed by atoms with E-state index in [-0.39, 0.29) is 31.6 Å². The van der Waals surface area contributed by atoms with Crippen LogP contribution in [-0.2, 0) is 11.8 Å². The van der Waals surface area contributed by atoms with Gasteiger partial charge >= 0.3 is 12.3 Å². The number of nitrogens with zero attached hydrogens (tertiary/aromatic N) is 2. The van der Waals surface area contributed by atoms with Crippen molar-refractivity contribution in [3.8, 4) is 0 Å². The normalized spacial score (nSPS) is 18.9. The minimum Gasteiger partial charge on any atom is -0.465 e. The largest absolute Gasteiger partial charge is 0.465 e. The van der Waals surface area contributed by atoms with Gasteiger partial charge in [-0.25, -0.2) is 9.78 Å². The second-order valence-corrected chi connectivity index (χ2v) is 4.71. The highest BCUT2D eigenvalue weighted by Crippen LogP contribution is 2.34. The number of halogens is 3. The van der Waals surface area contributed by atoms with Gasteiger partial charge < -0.3 is 15.1 Å². The van der Waals surface area contributed by atoms with E-state index >= 15 is 0 Å². The molecule has 1 fully saturated rings. The maximum Gasteiger partial charge on any atom is 0.433 e. The van der Waals surface area contributed by atoms with Crippen LogP contribution < -0.4 is 0 Å². The second kappa shape index (κ2) is 4.93. The van der Waals surface area contributed by atoms with Gasteiger partial charge in [0.2, 0.25) is 0 Å². The van der Waals surface area contributed by atoms with Crippen molar-refractivity contribution in [2.24, 2.45) is 0 Å². The van der Waals surface area contributed by atoms with Crippen molar-refractivity contribution in [2.75, 3.05) is 13.1 Å². The van der Waals surface area contributed by atoms with E-state index in [4.69, 9.17) is 5.11 Å². The third-order valence-corrected chi connectivity index (χ3v) is 3.38. The van der Waals surface area contributed by atoms with Crippen LogP contribution in [0, 0.1) is 0 Å². The molecule has 0 unspecified atom stereocenters. The first-order valence-corrected chi connectivity index (χ1v) is 5.97. The maximum absolute atomic E-state index is 12.6. The Morgan fingerprint density at radius 1 is 1.30 bits per heavy atom. The minimum absolute atomic E-state index is 0.0214. The summed E-state index contributed by atoms with van der Waals surface area (Å²) in [6, 6.07) is 3.34. The van der Waals surface area contributed by atoms with Gasteiger partial charge in [-0.2, -0.15) is 13.2 Å². The van der Waals surface area contributed by atoms with Crippen LogP contribution in [0.2, 0.25) is 0 Å². The van der Waals surface area contributed by atoms with Crippen LogP contribution in [-0.4, -0.2) is 39.3 Å². The Kier molecular flexibility index (Phi) is 3.59. The molecule has 20 heavy (non-hydrogen) atoms. The van der Waals surface area contributed by atoms with Crippen molar-refractivity contribution in [2.45, 2.75) is 24.6 Å². The fourth-order valence-corrected chi connectivity index (χ4v) is 2.18. The number of pyridine rings is 1. The van der Waals surface area contributed by atoms with E-state index in [1.165, 1.54) is 12.1 Å². The first-order valence-electron chi connectivity index (χ1n) is 5.97. The third-order valence-electron chi connectivity index (χ3n) is 3.38. The van der Waals surface area contributed by atoms with Gasteiger partial charge in [-0.05, 0) is 25.0 Å². The van der Waals surface area contributed by atoms with E-state index in [0.29, 0.717) is 0 Å². The highest BCUT2D eigenvalue weighted by atomic mass is 19.4. The van der Waals surface area contributed by atoms with E-state index in [0.717, 1.165) is 11.0 Å². The summed E-state index contributed by atoms with van der Waals surface area (Å²) in [6.07, 6.45) is -5.64. The predicted octanol–water partition coefficient (Wildman–Crippen LogP) is 2.06. The molecular weight excluding hydrogens is 277 g/mol. The summed E-state index contributed by atoms with van der Waals surface area (Å²) >= 11 is 0. The van der Waals surface area contributed by atoms with Crippen LogP contribution in [0.25, 0.3) is 0 Å². The molecule has 0 aromatic carbocycles. The molecule has 8 heteroatoms. The molecule has 0 bridgehead atoms. The molecule has 0 spiro atoms. The monoisotopic (exact) mass is 290 g/mol. The number of hydrogen-bond acceptors (Lipinski definition) is 3. The van der Waals surface area contributed by atoms with Gasteiger partial charge in [-0.15, -0.1) is 0 Å². The Balaban J connectivity index is 2.22. The molecule has 1 amide bonds. The number of piperidine rings is 1. The third kappa shape index (κ3) is 2.84. The van der Waals surface area contributed by atoms with Crippen LogP contribution in [0.15, 0.2) is 18.2 Å². The van der Waals surface area contributed by atoms with E-state index < -0.39 is 23.6 Å². The van der Waals surface area contributed by atoms with Crippen molar-refractivity contribution >= 4 is 6.09 Å². The zero-order valence-electron chi connectivity index (χ0n) is 10.4. The standard InChI is InChI=1S/C12H13F3N2O3/c13-12(14,15)9-3-1-2-8(16-9)11(20)4-6-17(7-5-11)10(18)19/h1-3,20H,4-7H2,(H,18,19). The number of amides is 1. The molecule has 1 saturated heterocycles. The van der Waals surface area contributed by atoms with Crippen molar-refractivity contribution < 1.29 is 28.2 Å². The number of carboxylic acid groups (broad SMARTS) is 1. The highest BCUT2D eigenvalue weighted by Gasteiger charge is 2.39. The van der Waals surface area contributed by atoms with Crippen LogP contribution in [0.5, 0.6) is 0 Å². The number of carbonyl (C=O) groups is 1. The van der Waals surface area contributed by atoms with Gasteiger partial charge in [0, 0.05) is 13.1 Å². The quantitative estimate of drug-likeness (QED) is 0.830. The molecule has 110 valence electrons. The Hall–Kier alpha value is -1.83. The summed E-state index contributed by atoms with van der Waals surface area (Å²) in [4.78, 5) is 15.3. The molecule has 1 aliphatic rings. The number of rotatable bonds is 1. The average Bonchev–Trinajstić information content (AvgIpc) is 2.38. The number of aromatic nitrogens is 1. The average molecular weight is 290 g/mol. The van der Waals surface area contributed by atoms with Crippen LogP contribution in [0.4, 0.5) is 18.0 Å². The Labute approximate surface area is 112 Å². The summed E-state index contributed by atoms with van der Waals surface area (Å²) < 4.78 is 37.8. The molecule has 1 aromatic rings. The first kappa shape index (κ1) is 14.6. The van der Waals surface area contributed by atoms with Crippen molar-refractivity contribution in [1.82, 2.24) is 9.88 Å². The summed E-state index contributed by atoms with van der Waals surface area (Å²) in [6.45, 7) is 0.119. The first-order chi connectivity index (χ1) is 9.22.